The van der Waals surface area contributed by atoms with Crippen LogP contribution in [-0.4, -0.2) is 22.0 Å². The van der Waals surface area contributed by atoms with Crippen molar-refractivity contribution in [2.75, 3.05) is 5.32 Å². The molecule has 0 saturated carbocycles. The van der Waals surface area contributed by atoms with Crippen molar-refractivity contribution >= 4 is 34.5 Å². The van der Waals surface area contributed by atoms with Crippen LogP contribution in [0.4, 0.5) is 5.95 Å². The normalized spacial score (nSPS) is 12.1. The summed E-state index contributed by atoms with van der Waals surface area (Å²) in [7, 11) is 0. The molecule has 0 saturated heterocycles. The highest BCUT2D eigenvalue weighted by Gasteiger charge is 2.17. The van der Waals surface area contributed by atoms with Gasteiger partial charge < -0.3 is 9.72 Å². The van der Waals surface area contributed by atoms with Crippen molar-refractivity contribution in [2.24, 2.45) is 0 Å². The topological polar surface area (TPSA) is 67.0 Å². The van der Waals surface area contributed by atoms with Crippen molar-refractivity contribution in [1.29, 1.82) is 0 Å². The molecule has 1 heterocycles. The van der Waals surface area contributed by atoms with Gasteiger partial charge in [-0.05, 0) is 43.7 Å². The van der Waals surface area contributed by atoms with Gasteiger partial charge in [0.25, 0.3) is 5.91 Å². The number of rotatable bonds is 4. The predicted octanol–water partition coefficient (Wildman–Crippen LogP) is 3.93. The smallest absolute Gasteiger partial charge is 0.267 e. The van der Waals surface area contributed by atoms with Crippen molar-refractivity contribution < 1.29 is 9.53 Å². The van der Waals surface area contributed by atoms with E-state index >= 15 is 0 Å². The molecule has 0 aliphatic heterocycles. The average molecular weight is 330 g/mol. The number of fused-ring (bicyclic) bond motifs is 1. The first-order valence-corrected chi connectivity index (χ1v) is 7.59. The van der Waals surface area contributed by atoms with Crippen LogP contribution in [0.5, 0.6) is 5.75 Å². The van der Waals surface area contributed by atoms with E-state index < -0.39 is 6.10 Å². The Morgan fingerprint density at radius 2 is 2.09 bits per heavy atom. The first kappa shape index (κ1) is 15.4. The van der Waals surface area contributed by atoms with Crippen molar-refractivity contribution in [2.45, 2.75) is 20.0 Å². The predicted molar refractivity (Wildman–Crippen MR) is 91.0 cm³/mol. The lowest BCUT2D eigenvalue weighted by Crippen LogP contribution is -2.30. The third-order valence-electron chi connectivity index (χ3n) is 3.39. The van der Waals surface area contributed by atoms with Crippen LogP contribution in [0.15, 0.2) is 42.5 Å². The number of nitrogens with zero attached hydrogens (tertiary/aromatic N) is 1. The SMILES string of the molecule is Cc1ccc(Cl)c(OC(C)C(=O)Nc2nc3ccccc3[nH]2)c1. The van der Waals surface area contributed by atoms with E-state index in [1.807, 2.05) is 37.3 Å². The molecule has 1 amide bonds. The zero-order valence-corrected chi connectivity index (χ0v) is 13.5. The number of anilines is 1. The Hall–Kier alpha value is -2.53. The number of amides is 1. The van der Waals surface area contributed by atoms with E-state index in [2.05, 4.69) is 15.3 Å². The van der Waals surface area contributed by atoms with Crippen LogP contribution >= 0.6 is 11.6 Å². The number of H-pyrrole nitrogens is 1. The van der Waals surface area contributed by atoms with E-state index in [4.69, 9.17) is 16.3 Å². The molecule has 3 aromatic rings. The third kappa shape index (κ3) is 3.46. The number of nitrogens with one attached hydrogen (secondary N) is 2. The zero-order valence-electron chi connectivity index (χ0n) is 12.8. The molecule has 1 unspecified atom stereocenters. The highest BCUT2D eigenvalue weighted by molar-refractivity contribution is 6.32. The molecule has 118 valence electrons. The van der Waals surface area contributed by atoms with E-state index in [1.165, 1.54) is 0 Å². The minimum atomic E-state index is -0.706. The second-order valence-corrected chi connectivity index (χ2v) is 5.69. The monoisotopic (exact) mass is 329 g/mol. The lowest BCUT2D eigenvalue weighted by Gasteiger charge is -2.15. The number of aromatic amines is 1. The fourth-order valence-electron chi connectivity index (χ4n) is 2.18. The third-order valence-corrected chi connectivity index (χ3v) is 3.70. The minimum absolute atomic E-state index is 0.304. The van der Waals surface area contributed by atoms with Crippen LogP contribution in [0.25, 0.3) is 11.0 Å². The molecule has 5 nitrogen and oxygen atoms in total. The maximum absolute atomic E-state index is 12.3. The van der Waals surface area contributed by atoms with Crippen LogP contribution in [0.2, 0.25) is 5.02 Å². The number of ether oxygens (including phenoxy) is 1. The van der Waals surface area contributed by atoms with Gasteiger partial charge in [-0.1, -0.05) is 29.8 Å². The van der Waals surface area contributed by atoms with Crippen molar-refractivity contribution in [3.05, 3.63) is 53.1 Å². The first-order valence-electron chi connectivity index (χ1n) is 7.21. The number of aromatic nitrogens is 2. The number of carbonyl (C=O) groups excluding carboxylic acids is 1. The number of halogens is 1. The van der Waals surface area contributed by atoms with Crippen molar-refractivity contribution in [1.82, 2.24) is 9.97 Å². The summed E-state index contributed by atoms with van der Waals surface area (Å²) < 4.78 is 5.65. The summed E-state index contributed by atoms with van der Waals surface area (Å²) in [6, 6.07) is 13.0. The molecule has 0 radical (unpaired) electrons. The quantitative estimate of drug-likeness (QED) is 0.762. The fraction of sp³-hybridized carbons (Fsp3) is 0.176. The van der Waals surface area contributed by atoms with Gasteiger partial charge in [-0.15, -0.1) is 0 Å². The van der Waals surface area contributed by atoms with Gasteiger partial charge in [0, 0.05) is 0 Å². The van der Waals surface area contributed by atoms with Gasteiger partial charge in [0.05, 0.1) is 16.1 Å². The van der Waals surface area contributed by atoms with Gasteiger partial charge in [-0.25, -0.2) is 4.98 Å². The second kappa shape index (κ2) is 6.30. The molecule has 0 spiro atoms. The molecule has 0 fully saturated rings. The molecule has 2 aromatic carbocycles. The Morgan fingerprint density at radius 3 is 2.87 bits per heavy atom. The van der Waals surface area contributed by atoms with Crippen LogP contribution in [0, 0.1) is 6.92 Å². The summed E-state index contributed by atoms with van der Waals surface area (Å²) in [5, 5.41) is 3.18. The molecule has 1 aromatic heterocycles. The van der Waals surface area contributed by atoms with Gasteiger partial charge >= 0.3 is 0 Å². The number of aryl methyl sites for hydroxylation is 1. The Balaban J connectivity index is 1.71. The molecular weight excluding hydrogens is 314 g/mol. The minimum Gasteiger partial charge on any atom is -0.479 e. The molecule has 3 rings (SSSR count). The molecular formula is C17H16ClN3O2. The Labute approximate surface area is 138 Å². The maximum Gasteiger partial charge on any atom is 0.267 e. The van der Waals surface area contributed by atoms with E-state index in [1.54, 1.807) is 19.1 Å². The van der Waals surface area contributed by atoms with Crippen molar-refractivity contribution in [3.63, 3.8) is 0 Å². The van der Waals surface area contributed by atoms with Crippen molar-refractivity contribution in [3.8, 4) is 5.75 Å². The summed E-state index contributed by atoms with van der Waals surface area (Å²) in [5.41, 5.74) is 2.66. The molecule has 1 atom stereocenters. The number of benzene rings is 2. The van der Waals surface area contributed by atoms with Crippen LogP contribution in [-0.2, 0) is 4.79 Å². The van der Waals surface area contributed by atoms with E-state index in [9.17, 15) is 4.79 Å². The van der Waals surface area contributed by atoms with Gasteiger partial charge in [-0.3, -0.25) is 10.1 Å². The number of imidazole rings is 1. The Morgan fingerprint density at radius 1 is 1.30 bits per heavy atom. The highest BCUT2D eigenvalue weighted by atomic mass is 35.5. The van der Waals surface area contributed by atoms with Crippen LogP contribution < -0.4 is 10.1 Å². The zero-order chi connectivity index (χ0) is 16.4. The van der Waals surface area contributed by atoms with Gasteiger partial charge in [-0.2, -0.15) is 0 Å². The molecule has 0 bridgehead atoms. The second-order valence-electron chi connectivity index (χ2n) is 5.29. The first-order chi connectivity index (χ1) is 11.0. The van der Waals surface area contributed by atoms with E-state index in [0.29, 0.717) is 16.7 Å². The average Bonchev–Trinajstić information content (AvgIpc) is 2.93. The number of para-hydroxylation sites is 2. The molecule has 23 heavy (non-hydrogen) atoms. The molecule has 0 aliphatic rings. The fourth-order valence-corrected chi connectivity index (χ4v) is 2.34. The number of hydrogen-bond donors (Lipinski definition) is 2. The van der Waals surface area contributed by atoms with E-state index in [-0.39, 0.29) is 5.91 Å². The summed E-state index contributed by atoms with van der Waals surface area (Å²) in [6.45, 7) is 3.60. The number of carbonyl (C=O) groups is 1. The summed E-state index contributed by atoms with van der Waals surface area (Å²) in [6.07, 6.45) is -0.706. The number of hydrogen-bond acceptors (Lipinski definition) is 3. The lowest BCUT2D eigenvalue weighted by atomic mass is 10.2. The summed E-state index contributed by atoms with van der Waals surface area (Å²) in [4.78, 5) is 19.6. The Kier molecular flexibility index (Phi) is 4.21. The largest absolute Gasteiger partial charge is 0.479 e. The molecule has 2 N–H and O–H groups in total. The Bertz CT molecular complexity index is 827. The van der Waals surface area contributed by atoms with E-state index in [0.717, 1.165) is 16.6 Å². The molecule has 0 aliphatic carbocycles. The van der Waals surface area contributed by atoms with Gasteiger partial charge in [0.2, 0.25) is 5.95 Å². The summed E-state index contributed by atoms with van der Waals surface area (Å²) in [5.74, 6) is 0.572. The lowest BCUT2D eigenvalue weighted by molar-refractivity contribution is -0.122. The summed E-state index contributed by atoms with van der Waals surface area (Å²) >= 11 is 6.08. The standard InChI is InChI=1S/C17H16ClN3O2/c1-10-7-8-12(18)15(9-10)23-11(2)16(22)21-17-19-13-5-3-4-6-14(13)20-17/h3-9,11H,1-2H3,(H2,19,20,21,22). The van der Waals surface area contributed by atoms with Gasteiger partial charge in [0.1, 0.15) is 5.75 Å². The van der Waals surface area contributed by atoms with Crippen LogP contribution in [0.3, 0.4) is 0 Å². The van der Waals surface area contributed by atoms with Gasteiger partial charge in [0.15, 0.2) is 6.10 Å². The maximum atomic E-state index is 12.3. The highest BCUT2D eigenvalue weighted by Crippen LogP contribution is 2.26. The molecule has 6 heteroatoms. The van der Waals surface area contributed by atoms with Crippen LogP contribution in [0.1, 0.15) is 12.5 Å².